The maximum Gasteiger partial charge on any atom is 0.326 e. The fourth-order valence-corrected chi connectivity index (χ4v) is 2.57. The summed E-state index contributed by atoms with van der Waals surface area (Å²) in [4.78, 5) is 25.3. The molecule has 128 valence electrons. The Morgan fingerprint density at radius 2 is 1.96 bits per heavy atom. The fraction of sp³-hybridized carbons (Fsp3) is 0.688. The highest BCUT2D eigenvalue weighted by atomic mass is 16.5. The van der Waals surface area contributed by atoms with Gasteiger partial charge in [-0.1, -0.05) is 13.8 Å². The van der Waals surface area contributed by atoms with Crippen molar-refractivity contribution in [1.29, 1.82) is 5.26 Å². The van der Waals surface area contributed by atoms with Crippen LogP contribution in [-0.4, -0.2) is 53.2 Å². The van der Waals surface area contributed by atoms with Crippen molar-refractivity contribution in [3.05, 3.63) is 11.8 Å². The van der Waals surface area contributed by atoms with Crippen LogP contribution in [0, 0.1) is 17.2 Å². The SMILES string of the molecule is CC(C)CC(NC(=O)/C(C#N)=C\N1CC(C)OC(C)C1)C(=O)O. The number of carboxylic acids is 1. The van der Waals surface area contributed by atoms with Gasteiger partial charge in [-0.2, -0.15) is 5.26 Å². The Morgan fingerprint density at radius 1 is 1.39 bits per heavy atom. The molecule has 0 saturated carbocycles. The number of carbonyl (C=O) groups is 2. The molecule has 0 aromatic rings. The lowest BCUT2D eigenvalue weighted by atomic mass is 10.0. The Balaban J connectivity index is 2.79. The van der Waals surface area contributed by atoms with E-state index in [0.717, 1.165) is 0 Å². The van der Waals surface area contributed by atoms with E-state index in [4.69, 9.17) is 4.74 Å². The van der Waals surface area contributed by atoms with Crippen LogP contribution in [0.1, 0.15) is 34.1 Å². The van der Waals surface area contributed by atoms with Gasteiger partial charge in [0.05, 0.1) is 12.2 Å². The smallest absolute Gasteiger partial charge is 0.326 e. The fourth-order valence-electron chi connectivity index (χ4n) is 2.57. The summed E-state index contributed by atoms with van der Waals surface area (Å²) in [6, 6.07) is 0.852. The van der Waals surface area contributed by atoms with Gasteiger partial charge in [0.1, 0.15) is 17.7 Å². The number of hydrogen-bond donors (Lipinski definition) is 2. The lowest BCUT2D eigenvalue weighted by Gasteiger charge is -2.34. The molecule has 0 aromatic heterocycles. The van der Waals surface area contributed by atoms with E-state index < -0.39 is 17.9 Å². The number of nitrogens with zero attached hydrogens (tertiary/aromatic N) is 2. The van der Waals surface area contributed by atoms with E-state index in [1.54, 1.807) is 0 Å². The molecule has 0 radical (unpaired) electrons. The number of morpholine rings is 1. The van der Waals surface area contributed by atoms with Crippen molar-refractivity contribution < 1.29 is 19.4 Å². The molecule has 0 aromatic carbocycles. The summed E-state index contributed by atoms with van der Waals surface area (Å²) < 4.78 is 5.60. The lowest BCUT2D eigenvalue weighted by molar-refractivity contribution is -0.141. The Labute approximate surface area is 136 Å². The number of aliphatic carboxylic acids is 1. The molecular formula is C16H25N3O4. The predicted octanol–water partition coefficient (Wildman–Crippen LogP) is 1.12. The van der Waals surface area contributed by atoms with Crippen molar-refractivity contribution in [3.63, 3.8) is 0 Å². The van der Waals surface area contributed by atoms with E-state index in [-0.39, 0.29) is 23.7 Å². The Kier molecular flexibility index (Phi) is 7.04. The minimum atomic E-state index is -1.10. The van der Waals surface area contributed by atoms with Gasteiger partial charge in [-0.25, -0.2) is 4.79 Å². The number of carboxylic acid groups (broad SMARTS) is 1. The predicted molar refractivity (Wildman–Crippen MR) is 84.3 cm³/mol. The van der Waals surface area contributed by atoms with Gasteiger partial charge < -0.3 is 20.1 Å². The van der Waals surface area contributed by atoms with E-state index in [1.807, 2.05) is 38.7 Å². The van der Waals surface area contributed by atoms with E-state index in [9.17, 15) is 20.0 Å². The first kappa shape index (κ1) is 19.0. The Bertz CT molecular complexity index is 500. The van der Waals surface area contributed by atoms with Crippen LogP contribution in [0.25, 0.3) is 0 Å². The topological polar surface area (TPSA) is 103 Å². The van der Waals surface area contributed by atoms with Crippen LogP contribution in [0.15, 0.2) is 11.8 Å². The van der Waals surface area contributed by atoms with Crippen molar-refractivity contribution in [2.24, 2.45) is 5.92 Å². The molecule has 1 saturated heterocycles. The van der Waals surface area contributed by atoms with Crippen LogP contribution in [0.5, 0.6) is 0 Å². The molecule has 0 bridgehead atoms. The summed E-state index contributed by atoms with van der Waals surface area (Å²) in [5.41, 5.74) is -0.0960. The van der Waals surface area contributed by atoms with Gasteiger partial charge in [-0.15, -0.1) is 0 Å². The first-order chi connectivity index (χ1) is 10.7. The van der Waals surface area contributed by atoms with Crippen molar-refractivity contribution in [3.8, 4) is 6.07 Å². The zero-order valence-electron chi connectivity index (χ0n) is 14.1. The third-order valence-corrected chi connectivity index (χ3v) is 3.44. The average Bonchev–Trinajstić information content (AvgIpc) is 2.42. The number of hydrogen-bond acceptors (Lipinski definition) is 5. The van der Waals surface area contributed by atoms with Crippen molar-refractivity contribution >= 4 is 11.9 Å². The van der Waals surface area contributed by atoms with Gasteiger partial charge in [0.15, 0.2) is 0 Å². The number of rotatable bonds is 6. The molecule has 0 spiro atoms. The molecule has 3 atom stereocenters. The molecule has 1 aliphatic rings. The van der Waals surface area contributed by atoms with Crippen LogP contribution < -0.4 is 5.32 Å². The average molecular weight is 323 g/mol. The normalized spacial score (nSPS) is 23.3. The second-order valence-electron chi connectivity index (χ2n) is 6.36. The number of carbonyl (C=O) groups excluding carboxylic acids is 1. The highest BCUT2D eigenvalue weighted by Crippen LogP contribution is 2.13. The minimum absolute atomic E-state index is 0.00529. The molecule has 7 heteroatoms. The van der Waals surface area contributed by atoms with Crippen LogP contribution in [-0.2, 0) is 14.3 Å². The first-order valence-electron chi connectivity index (χ1n) is 7.78. The quantitative estimate of drug-likeness (QED) is 0.561. The van der Waals surface area contributed by atoms with Gasteiger partial charge >= 0.3 is 5.97 Å². The molecule has 1 amide bonds. The van der Waals surface area contributed by atoms with E-state index in [1.165, 1.54) is 6.20 Å². The molecule has 1 heterocycles. The molecule has 1 aliphatic heterocycles. The summed E-state index contributed by atoms with van der Waals surface area (Å²) in [5.74, 6) is -1.64. The molecule has 7 nitrogen and oxygen atoms in total. The standard InChI is InChI=1S/C16H25N3O4/c1-10(2)5-14(16(21)22)18-15(20)13(6-17)9-19-7-11(3)23-12(4)8-19/h9-12,14H,5,7-8H2,1-4H3,(H,18,20)(H,21,22)/b13-9-. The zero-order chi connectivity index (χ0) is 17.6. The number of ether oxygens (including phenoxy) is 1. The Hall–Kier alpha value is -2.07. The third-order valence-electron chi connectivity index (χ3n) is 3.44. The van der Waals surface area contributed by atoms with E-state index >= 15 is 0 Å². The van der Waals surface area contributed by atoms with Gasteiger partial charge in [0.25, 0.3) is 5.91 Å². The monoisotopic (exact) mass is 323 g/mol. The van der Waals surface area contributed by atoms with Crippen LogP contribution in [0.2, 0.25) is 0 Å². The van der Waals surface area contributed by atoms with Crippen molar-refractivity contribution in [2.45, 2.75) is 52.4 Å². The summed E-state index contributed by atoms with van der Waals surface area (Å²) in [5, 5.41) is 20.8. The lowest BCUT2D eigenvalue weighted by Crippen LogP contribution is -2.44. The molecule has 2 N–H and O–H groups in total. The first-order valence-corrected chi connectivity index (χ1v) is 7.78. The number of amides is 1. The zero-order valence-corrected chi connectivity index (χ0v) is 14.1. The minimum Gasteiger partial charge on any atom is -0.480 e. The summed E-state index contributed by atoms with van der Waals surface area (Å²) in [6.07, 6.45) is 1.81. The second-order valence-corrected chi connectivity index (χ2v) is 6.36. The highest BCUT2D eigenvalue weighted by Gasteiger charge is 2.25. The van der Waals surface area contributed by atoms with Crippen LogP contribution >= 0.6 is 0 Å². The Morgan fingerprint density at radius 3 is 2.39 bits per heavy atom. The second kappa shape index (κ2) is 8.53. The summed E-state index contributed by atoms with van der Waals surface area (Å²) in [7, 11) is 0. The third kappa shape index (κ3) is 6.28. The number of nitriles is 1. The molecule has 3 unspecified atom stereocenters. The summed E-state index contributed by atoms with van der Waals surface area (Å²) >= 11 is 0. The van der Waals surface area contributed by atoms with Gasteiger partial charge in [-0.3, -0.25) is 4.79 Å². The molecule has 23 heavy (non-hydrogen) atoms. The van der Waals surface area contributed by atoms with Crippen LogP contribution in [0.4, 0.5) is 0 Å². The number of nitrogens with one attached hydrogen (secondary N) is 1. The molecule has 0 aliphatic carbocycles. The summed E-state index contributed by atoms with van der Waals surface area (Å²) in [6.45, 7) is 8.75. The maximum atomic E-state index is 12.2. The van der Waals surface area contributed by atoms with Crippen molar-refractivity contribution in [2.75, 3.05) is 13.1 Å². The van der Waals surface area contributed by atoms with E-state index in [2.05, 4.69) is 5.32 Å². The molecule has 1 rings (SSSR count). The van der Waals surface area contributed by atoms with Crippen molar-refractivity contribution in [1.82, 2.24) is 10.2 Å². The van der Waals surface area contributed by atoms with Crippen LogP contribution in [0.3, 0.4) is 0 Å². The largest absolute Gasteiger partial charge is 0.480 e. The highest BCUT2D eigenvalue weighted by molar-refractivity contribution is 5.99. The van der Waals surface area contributed by atoms with Gasteiger partial charge in [0, 0.05) is 19.3 Å². The maximum absolute atomic E-state index is 12.2. The van der Waals surface area contributed by atoms with E-state index in [0.29, 0.717) is 19.5 Å². The van der Waals surface area contributed by atoms with Gasteiger partial charge in [0.2, 0.25) is 0 Å². The molecule has 1 fully saturated rings. The molecular weight excluding hydrogens is 298 g/mol. The van der Waals surface area contributed by atoms with Gasteiger partial charge in [-0.05, 0) is 26.2 Å².